The maximum atomic E-state index is 12.3. The van der Waals surface area contributed by atoms with Crippen LogP contribution in [0.15, 0.2) is 60.7 Å². The number of hydrogen-bond donors (Lipinski definition) is 3. The van der Waals surface area contributed by atoms with Crippen molar-refractivity contribution in [3.8, 4) is 5.75 Å². The third-order valence-corrected chi connectivity index (χ3v) is 4.43. The van der Waals surface area contributed by atoms with Crippen LogP contribution >= 0.6 is 0 Å². The van der Waals surface area contributed by atoms with Crippen LogP contribution in [0.5, 0.6) is 5.75 Å². The molecule has 0 bridgehead atoms. The third kappa shape index (κ3) is 5.31. The molecule has 3 aromatic carbocycles. The van der Waals surface area contributed by atoms with Gasteiger partial charge in [0.25, 0.3) is 5.91 Å². The van der Waals surface area contributed by atoms with Crippen molar-refractivity contribution in [2.45, 2.75) is 26.5 Å². The van der Waals surface area contributed by atoms with Gasteiger partial charge in [-0.15, -0.1) is 0 Å². The lowest BCUT2D eigenvalue weighted by Gasteiger charge is -2.15. The number of aryl methyl sites for hydroxylation is 1. The summed E-state index contributed by atoms with van der Waals surface area (Å²) in [6.45, 7) is 4.69. The molecule has 3 aromatic rings. The Morgan fingerprint density at radius 3 is 2.57 bits per heavy atom. The number of benzene rings is 3. The number of aliphatic hydroxyl groups excluding tert-OH is 1. The number of nitrogens with one attached hydrogen (secondary N) is 2. The highest BCUT2D eigenvalue weighted by Gasteiger charge is 2.11. The Balaban J connectivity index is 1.72. The van der Waals surface area contributed by atoms with Gasteiger partial charge in [0.15, 0.2) is 6.61 Å². The van der Waals surface area contributed by atoms with Gasteiger partial charge >= 0.3 is 0 Å². The van der Waals surface area contributed by atoms with Gasteiger partial charge in [-0.25, -0.2) is 0 Å². The van der Waals surface area contributed by atoms with Crippen LogP contribution in [0, 0.1) is 6.92 Å². The Morgan fingerprint density at radius 2 is 1.82 bits per heavy atom. The predicted molar refractivity (Wildman–Crippen MR) is 113 cm³/mol. The first kappa shape index (κ1) is 19.9. The Hall–Kier alpha value is -2.89. The van der Waals surface area contributed by atoms with Gasteiger partial charge in [0.2, 0.25) is 0 Å². The monoisotopic (exact) mass is 378 g/mol. The molecule has 0 aliphatic rings. The molecule has 146 valence electrons. The number of carbonyl (C=O) groups excluding carboxylic acids is 1. The summed E-state index contributed by atoms with van der Waals surface area (Å²) in [6.07, 6.45) is -0.431. The molecule has 3 rings (SSSR count). The Bertz CT molecular complexity index is 936. The number of aliphatic hydroxyl groups is 1. The molecule has 3 N–H and O–H groups in total. The summed E-state index contributed by atoms with van der Waals surface area (Å²) in [5.74, 6) is 0.454. The van der Waals surface area contributed by atoms with Crippen LogP contribution in [-0.4, -0.2) is 30.3 Å². The summed E-state index contributed by atoms with van der Waals surface area (Å²) in [5, 5.41) is 17.7. The summed E-state index contributed by atoms with van der Waals surface area (Å²) < 4.78 is 5.85. The summed E-state index contributed by atoms with van der Waals surface area (Å²) >= 11 is 0. The van der Waals surface area contributed by atoms with E-state index in [4.69, 9.17) is 4.74 Å². The standard InChI is InChI=1S/C23H26N2O3/c1-16-7-10-19(11-8-16)25-23(27)15-28-22-12-9-18-5-3-4-6-20(18)21(22)14-24-13-17(2)26/h3-12,17,24,26H,13-15H2,1-2H3,(H,25,27)/t17-/m0/s1. The molecule has 0 saturated heterocycles. The first-order chi connectivity index (χ1) is 13.5. The van der Waals surface area contributed by atoms with E-state index < -0.39 is 6.10 Å². The van der Waals surface area contributed by atoms with Gasteiger partial charge in [-0.05, 0) is 42.8 Å². The molecule has 5 heteroatoms. The topological polar surface area (TPSA) is 70.6 Å². The summed E-state index contributed by atoms with van der Waals surface area (Å²) in [5.41, 5.74) is 2.86. The highest BCUT2D eigenvalue weighted by molar-refractivity contribution is 5.92. The van der Waals surface area contributed by atoms with Crippen molar-refractivity contribution >= 4 is 22.4 Å². The van der Waals surface area contributed by atoms with E-state index in [0.29, 0.717) is 18.8 Å². The molecule has 0 spiro atoms. The number of hydrogen-bond acceptors (Lipinski definition) is 4. The molecule has 1 atom stereocenters. The fourth-order valence-electron chi connectivity index (χ4n) is 3.02. The van der Waals surface area contributed by atoms with E-state index in [2.05, 4.69) is 10.6 Å². The van der Waals surface area contributed by atoms with Crippen molar-refractivity contribution in [3.63, 3.8) is 0 Å². The zero-order valence-corrected chi connectivity index (χ0v) is 16.2. The minimum Gasteiger partial charge on any atom is -0.483 e. The minimum atomic E-state index is -0.431. The van der Waals surface area contributed by atoms with Gasteiger partial charge in [-0.1, -0.05) is 48.0 Å². The maximum Gasteiger partial charge on any atom is 0.262 e. The van der Waals surface area contributed by atoms with Gasteiger partial charge in [-0.2, -0.15) is 0 Å². The Labute approximate surface area is 165 Å². The highest BCUT2D eigenvalue weighted by Crippen LogP contribution is 2.28. The molecule has 0 aromatic heterocycles. The highest BCUT2D eigenvalue weighted by atomic mass is 16.5. The molecule has 28 heavy (non-hydrogen) atoms. The molecule has 1 amide bonds. The first-order valence-corrected chi connectivity index (χ1v) is 9.41. The molecule has 0 unspecified atom stereocenters. The van der Waals surface area contributed by atoms with Gasteiger partial charge in [0, 0.05) is 24.3 Å². The van der Waals surface area contributed by atoms with Crippen molar-refractivity contribution in [1.82, 2.24) is 5.32 Å². The van der Waals surface area contributed by atoms with E-state index in [-0.39, 0.29) is 12.5 Å². The largest absolute Gasteiger partial charge is 0.483 e. The molecule has 5 nitrogen and oxygen atoms in total. The van der Waals surface area contributed by atoms with Gasteiger partial charge in [0.1, 0.15) is 5.75 Å². The lowest BCUT2D eigenvalue weighted by Crippen LogP contribution is -2.25. The normalized spacial score (nSPS) is 12.0. The maximum absolute atomic E-state index is 12.3. The second-order valence-corrected chi connectivity index (χ2v) is 6.95. The zero-order chi connectivity index (χ0) is 19.9. The molecular formula is C23H26N2O3. The molecule has 0 fully saturated rings. The van der Waals surface area contributed by atoms with Crippen molar-refractivity contribution in [2.24, 2.45) is 0 Å². The van der Waals surface area contributed by atoms with Crippen LogP contribution in [0.4, 0.5) is 5.69 Å². The summed E-state index contributed by atoms with van der Waals surface area (Å²) in [6, 6.07) is 19.6. The fourth-order valence-corrected chi connectivity index (χ4v) is 3.02. The predicted octanol–water partition coefficient (Wildman–Crippen LogP) is 3.64. The Kier molecular flexibility index (Phi) is 6.63. The number of amides is 1. The van der Waals surface area contributed by atoms with Crippen LogP contribution in [0.25, 0.3) is 10.8 Å². The Morgan fingerprint density at radius 1 is 1.07 bits per heavy atom. The van der Waals surface area contributed by atoms with Gasteiger partial charge < -0.3 is 20.5 Å². The molecule has 0 radical (unpaired) electrons. The SMILES string of the molecule is Cc1ccc(NC(=O)COc2ccc3ccccc3c2CNC[C@H](C)O)cc1. The van der Waals surface area contributed by atoms with Crippen molar-refractivity contribution in [1.29, 1.82) is 0 Å². The molecule has 0 aliphatic heterocycles. The van der Waals surface area contributed by atoms with E-state index in [9.17, 15) is 9.90 Å². The molecular weight excluding hydrogens is 352 g/mol. The fraction of sp³-hybridized carbons (Fsp3) is 0.261. The van der Waals surface area contributed by atoms with Crippen LogP contribution in [0.2, 0.25) is 0 Å². The number of ether oxygens (including phenoxy) is 1. The lowest BCUT2D eigenvalue weighted by molar-refractivity contribution is -0.118. The van der Waals surface area contributed by atoms with Crippen LogP contribution < -0.4 is 15.4 Å². The quantitative estimate of drug-likeness (QED) is 0.560. The number of carbonyl (C=O) groups is 1. The van der Waals surface area contributed by atoms with Crippen LogP contribution in [-0.2, 0) is 11.3 Å². The third-order valence-electron chi connectivity index (χ3n) is 4.43. The van der Waals surface area contributed by atoms with Crippen molar-refractivity contribution < 1.29 is 14.6 Å². The number of anilines is 1. The zero-order valence-electron chi connectivity index (χ0n) is 16.2. The smallest absolute Gasteiger partial charge is 0.262 e. The van der Waals surface area contributed by atoms with Gasteiger partial charge in [-0.3, -0.25) is 4.79 Å². The van der Waals surface area contributed by atoms with E-state index in [1.165, 1.54) is 0 Å². The van der Waals surface area contributed by atoms with E-state index >= 15 is 0 Å². The number of rotatable bonds is 8. The lowest BCUT2D eigenvalue weighted by atomic mass is 10.0. The van der Waals surface area contributed by atoms with Crippen LogP contribution in [0.3, 0.4) is 0 Å². The molecule has 0 heterocycles. The van der Waals surface area contributed by atoms with E-state index in [0.717, 1.165) is 27.6 Å². The van der Waals surface area contributed by atoms with E-state index in [1.54, 1.807) is 6.92 Å². The van der Waals surface area contributed by atoms with Gasteiger partial charge in [0.05, 0.1) is 6.10 Å². The summed E-state index contributed by atoms with van der Waals surface area (Å²) in [7, 11) is 0. The number of fused-ring (bicyclic) bond motifs is 1. The van der Waals surface area contributed by atoms with Crippen molar-refractivity contribution in [2.75, 3.05) is 18.5 Å². The molecule has 0 saturated carbocycles. The molecule has 0 aliphatic carbocycles. The average molecular weight is 378 g/mol. The van der Waals surface area contributed by atoms with Crippen LogP contribution in [0.1, 0.15) is 18.1 Å². The van der Waals surface area contributed by atoms with E-state index in [1.807, 2.05) is 67.6 Å². The second kappa shape index (κ2) is 9.35. The summed E-state index contributed by atoms with van der Waals surface area (Å²) in [4.78, 5) is 12.3. The first-order valence-electron chi connectivity index (χ1n) is 9.41. The minimum absolute atomic E-state index is 0.0738. The van der Waals surface area contributed by atoms with Crippen molar-refractivity contribution in [3.05, 3.63) is 71.8 Å². The second-order valence-electron chi connectivity index (χ2n) is 6.95. The average Bonchev–Trinajstić information content (AvgIpc) is 2.68.